The normalized spacial score (nSPS) is 10.5. The number of rotatable bonds is 2. The molecule has 0 aliphatic heterocycles. The first-order valence-corrected chi connectivity index (χ1v) is 5.72. The molecule has 0 unspecified atom stereocenters. The monoisotopic (exact) mass is 268 g/mol. The Morgan fingerprint density at radius 3 is 2.53 bits per heavy atom. The predicted molar refractivity (Wildman–Crippen MR) is 70.7 cm³/mol. The van der Waals surface area contributed by atoms with Crippen LogP contribution in [-0.4, -0.2) is 4.57 Å². The van der Waals surface area contributed by atoms with Crippen LogP contribution in [0.2, 0.25) is 10.0 Å². The van der Waals surface area contributed by atoms with Crippen LogP contribution in [0.15, 0.2) is 41.3 Å². The summed E-state index contributed by atoms with van der Waals surface area (Å²) in [7, 11) is 0. The van der Waals surface area contributed by atoms with E-state index in [1.807, 2.05) is 6.07 Å². The number of aromatic nitrogens is 1. The highest BCUT2D eigenvalue weighted by Crippen LogP contribution is 2.22. The van der Waals surface area contributed by atoms with Crippen molar-refractivity contribution >= 4 is 28.9 Å². The molecule has 0 amide bonds. The highest BCUT2D eigenvalue weighted by molar-refractivity contribution is 6.42. The summed E-state index contributed by atoms with van der Waals surface area (Å²) in [4.78, 5) is 11.6. The third-order valence-electron chi connectivity index (χ3n) is 2.36. The Kier molecular flexibility index (Phi) is 3.41. The lowest BCUT2D eigenvalue weighted by Gasteiger charge is -2.07. The van der Waals surface area contributed by atoms with Gasteiger partial charge in [-0.3, -0.25) is 4.79 Å². The third kappa shape index (κ3) is 2.81. The minimum absolute atomic E-state index is 0.143. The van der Waals surface area contributed by atoms with Gasteiger partial charge in [0.1, 0.15) is 0 Å². The van der Waals surface area contributed by atoms with Crippen LogP contribution in [0.25, 0.3) is 0 Å². The molecule has 1 aromatic heterocycles. The van der Waals surface area contributed by atoms with Crippen molar-refractivity contribution in [1.82, 2.24) is 4.57 Å². The maximum absolute atomic E-state index is 11.6. The molecule has 0 spiro atoms. The van der Waals surface area contributed by atoms with Crippen molar-refractivity contribution in [2.24, 2.45) is 0 Å². The number of hydrogen-bond acceptors (Lipinski definition) is 2. The molecule has 88 valence electrons. The summed E-state index contributed by atoms with van der Waals surface area (Å²) >= 11 is 11.7. The van der Waals surface area contributed by atoms with Gasteiger partial charge in [0.2, 0.25) is 0 Å². The number of benzene rings is 1. The Labute approximate surface area is 108 Å². The van der Waals surface area contributed by atoms with Gasteiger partial charge in [-0.25, -0.2) is 0 Å². The number of pyridine rings is 1. The molecule has 1 aromatic carbocycles. The lowest BCUT2D eigenvalue weighted by molar-refractivity contribution is 0.760. The maximum atomic E-state index is 11.6. The molecule has 3 nitrogen and oxygen atoms in total. The molecule has 2 aromatic rings. The van der Waals surface area contributed by atoms with Crippen molar-refractivity contribution in [3.63, 3.8) is 0 Å². The van der Waals surface area contributed by atoms with Crippen molar-refractivity contribution < 1.29 is 0 Å². The number of halogens is 2. The Morgan fingerprint density at radius 1 is 1.12 bits per heavy atom. The lowest BCUT2D eigenvalue weighted by Crippen LogP contribution is -2.19. The third-order valence-corrected chi connectivity index (χ3v) is 3.10. The van der Waals surface area contributed by atoms with Gasteiger partial charge in [0.25, 0.3) is 5.56 Å². The molecule has 0 saturated heterocycles. The number of hydrogen-bond donors (Lipinski definition) is 1. The van der Waals surface area contributed by atoms with E-state index in [0.29, 0.717) is 22.3 Å². The molecule has 2 N–H and O–H groups in total. The average Bonchev–Trinajstić information content (AvgIpc) is 2.27. The Balaban J connectivity index is 2.31. The molecule has 0 atom stereocenters. The van der Waals surface area contributed by atoms with E-state index >= 15 is 0 Å². The molecule has 0 fully saturated rings. The quantitative estimate of drug-likeness (QED) is 0.911. The van der Waals surface area contributed by atoms with E-state index in [-0.39, 0.29) is 5.56 Å². The fraction of sp³-hybridized carbons (Fsp3) is 0.0833. The van der Waals surface area contributed by atoms with Gasteiger partial charge in [-0.2, -0.15) is 0 Å². The van der Waals surface area contributed by atoms with Crippen molar-refractivity contribution in [2.75, 3.05) is 5.73 Å². The van der Waals surface area contributed by atoms with Gasteiger partial charge in [0.15, 0.2) is 0 Å². The number of nitrogens with two attached hydrogens (primary N) is 1. The molecule has 1 heterocycles. The average molecular weight is 269 g/mol. The van der Waals surface area contributed by atoms with E-state index in [2.05, 4.69) is 0 Å². The van der Waals surface area contributed by atoms with Crippen LogP contribution in [-0.2, 0) is 6.54 Å². The molecule has 17 heavy (non-hydrogen) atoms. The first-order chi connectivity index (χ1) is 8.06. The van der Waals surface area contributed by atoms with Gasteiger partial charge in [-0.1, -0.05) is 29.3 Å². The fourth-order valence-electron chi connectivity index (χ4n) is 1.49. The van der Waals surface area contributed by atoms with Crippen molar-refractivity contribution in [1.29, 1.82) is 0 Å². The zero-order valence-corrected chi connectivity index (χ0v) is 10.4. The van der Waals surface area contributed by atoms with Crippen LogP contribution < -0.4 is 11.3 Å². The van der Waals surface area contributed by atoms with Gasteiger partial charge in [0.05, 0.1) is 16.6 Å². The molecule has 0 saturated carbocycles. The molecule has 0 aliphatic rings. The Hall–Kier alpha value is -1.45. The minimum atomic E-state index is -0.143. The predicted octanol–water partition coefficient (Wildman–Crippen LogP) is 2.79. The summed E-state index contributed by atoms with van der Waals surface area (Å²) < 4.78 is 1.55. The second-order valence-corrected chi connectivity index (χ2v) is 4.49. The van der Waals surface area contributed by atoms with Crippen LogP contribution in [0, 0.1) is 0 Å². The van der Waals surface area contributed by atoms with E-state index in [0.717, 1.165) is 5.56 Å². The van der Waals surface area contributed by atoms with Gasteiger partial charge in [-0.15, -0.1) is 0 Å². The number of anilines is 1. The number of nitrogen functional groups attached to an aromatic ring is 1. The number of nitrogens with zero attached hydrogens (tertiary/aromatic N) is 1. The molecule has 5 heteroatoms. The molecule has 2 rings (SSSR count). The fourth-order valence-corrected chi connectivity index (χ4v) is 1.81. The molecule has 0 aliphatic carbocycles. The second-order valence-electron chi connectivity index (χ2n) is 3.67. The minimum Gasteiger partial charge on any atom is -0.399 e. The summed E-state index contributed by atoms with van der Waals surface area (Å²) in [5.74, 6) is 0. The summed E-state index contributed by atoms with van der Waals surface area (Å²) in [6.45, 7) is 0.440. The second kappa shape index (κ2) is 4.82. The van der Waals surface area contributed by atoms with Gasteiger partial charge >= 0.3 is 0 Å². The van der Waals surface area contributed by atoms with Crippen molar-refractivity contribution in [3.05, 3.63) is 62.5 Å². The van der Waals surface area contributed by atoms with Crippen LogP contribution in [0.3, 0.4) is 0 Å². The Morgan fingerprint density at radius 2 is 1.88 bits per heavy atom. The lowest BCUT2D eigenvalue weighted by atomic mass is 10.2. The van der Waals surface area contributed by atoms with E-state index in [4.69, 9.17) is 28.9 Å². The van der Waals surface area contributed by atoms with E-state index in [1.165, 1.54) is 6.07 Å². The maximum Gasteiger partial charge on any atom is 0.252 e. The van der Waals surface area contributed by atoms with Gasteiger partial charge in [0, 0.05) is 18.0 Å². The molecular formula is C12H10Cl2N2O. The summed E-state index contributed by atoms with van der Waals surface area (Å²) in [5.41, 5.74) is 6.74. The van der Waals surface area contributed by atoms with Crippen LogP contribution in [0.1, 0.15) is 5.56 Å². The van der Waals surface area contributed by atoms with E-state index in [9.17, 15) is 4.79 Å². The van der Waals surface area contributed by atoms with E-state index < -0.39 is 0 Å². The zero-order chi connectivity index (χ0) is 12.4. The first-order valence-electron chi connectivity index (χ1n) is 4.96. The van der Waals surface area contributed by atoms with Crippen molar-refractivity contribution in [3.8, 4) is 0 Å². The highest BCUT2D eigenvalue weighted by atomic mass is 35.5. The topological polar surface area (TPSA) is 48.0 Å². The van der Waals surface area contributed by atoms with Gasteiger partial charge in [-0.05, 0) is 23.8 Å². The van der Waals surface area contributed by atoms with Crippen LogP contribution in [0.5, 0.6) is 0 Å². The summed E-state index contributed by atoms with van der Waals surface area (Å²) in [5, 5.41) is 0.979. The SMILES string of the molecule is Nc1ccn(Cc2ccc(Cl)c(Cl)c2)c(=O)c1. The molecule has 0 radical (unpaired) electrons. The largest absolute Gasteiger partial charge is 0.399 e. The summed E-state index contributed by atoms with van der Waals surface area (Å²) in [6.07, 6.45) is 1.65. The Bertz CT molecular complexity index is 608. The summed E-state index contributed by atoms with van der Waals surface area (Å²) in [6, 6.07) is 8.35. The van der Waals surface area contributed by atoms with Crippen molar-refractivity contribution in [2.45, 2.75) is 6.54 Å². The highest BCUT2D eigenvalue weighted by Gasteiger charge is 2.02. The molecule has 0 bridgehead atoms. The van der Waals surface area contributed by atoms with Crippen LogP contribution in [0.4, 0.5) is 5.69 Å². The standard InChI is InChI=1S/C12H10Cl2N2O/c13-10-2-1-8(5-11(10)14)7-16-4-3-9(15)6-12(16)17/h1-6H,7,15H2. The van der Waals surface area contributed by atoms with E-state index in [1.54, 1.807) is 29.0 Å². The first kappa shape index (κ1) is 12.0. The smallest absolute Gasteiger partial charge is 0.252 e. The van der Waals surface area contributed by atoms with Crippen LogP contribution >= 0.6 is 23.2 Å². The van der Waals surface area contributed by atoms with Gasteiger partial charge < -0.3 is 10.3 Å². The zero-order valence-electron chi connectivity index (χ0n) is 8.86. The molecular weight excluding hydrogens is 259 g/mol.